The smallest absolute Gasteiger partial charge is 0.270 e. The van der Waals surface area contributed by atoms with Gasteiger partial charge >= 0.3 is 0 Å². The third kappa shape index (κ3) is 4.43. The normalized spacial score (nSPS) is 11.4. The quantitative estimate of drug-likeness (QED) is 0.487. The SMILES string of the molecule is CSc1ccc2nc(N(CCN(C)C)C(=O)c3ccc(Br)s3)sc2c1. The van der Waals surface area contributed by atoms with Gasteiger partial charge in [0, 0.05) is 18.0 Å². The molecule has 0 spiro atoms. The van der Waals surface area contributed by atoms with Crippen LogP contribution in [0, 0.1) is 0 Å². The van der Waals surface area contributed by atoms with E-state index in [2.05, 4.69) is 39.2 Å². The minimum atomic E-state index is 0.00157. The summed E-state index contributed by atoms with van der Waals surface area (Å²) < 4.78 is 2.06. The fourth-order valence-electron chi connectivity index (χ4n) is 2.28. The highest BCUT2D eigenvalue weighted by Gasteiger charge is 2.22. The number of halogens is 1. The van der Waals surface area contributed by atoms with Gasteiger partial charge < -0.3 is 4.90 Å². The molecule has 0 aliphatic carbocycles. The zero-order valence-electron chi connectivity index (χ0n) is 14.2. The Balaban J connectivity index is 1.97. The summed E-state index contributed by atoms with van der Waals surface area (Å²) in [4.78, 5) is 23.5. The molecule has 3 rings (SSSR count). The van der Waals surface area contributed by atoms with Gasteiger partial charge in [0.25, 0.3) is 5.91 Å². The molecular weight excluding hydrogens is 438 g/mol. The molecule has 0 N–H and O–H groups in total. The van der Waals surface area contributed by atoms with Crippen LogP contribution in [0.25, 0.3) is 10.2 Å². The molecule has 1 aromatic carbocycles. The summed E-state index contributed by atoms with van der Waals surface area (Å²) in [5.74, 6) is 0.00157. The number of nitrogens with zero attached hydrogens (tertiary/aromatic N) is 3. The molecule has 0 bridgehead atoms. The molecule has 3 aromatic rings. The fraction of sp³-hybridized carbons (Fsp3) is 0.294. The van der Waals surface area contributed by atoms with Gasteiger partial charge in [-0.15, -0.1) is 23.1 Å². The van der Waals surface area contributed by atoms with Crippen molar-refractivity contribution in [3.8, 4) is 0 Å². The van der Waals surface area contributed by atoms with Gasteiger partial charge in [-0.1, -0.05) is 11.3 Å². The van der Waals surface area contributed by atoms with Crippen LogP contribution < -0.4 is 4.90 Å². The van der Waals surface area contributed by atoms with Crippen molar-refractivity contribution in [2.75, 3.05) is 38.3 Å². The van der Waals surface area contributed by atoms with Crippen LogP contribution in [-0.2, 0) is 0 Å². The van der Waals surface area contributed by atoms with Crippen molar-refractivity contribution in [2.45, 2.75) is 4.90 Å². The van der Waals surface area contributed by atoms with Crippen molar-refractivity contribution < 1.29 is 4.79 Å². The van der Waals surface area contributed by atoms with E-state index in [1.54, 1.807) is 28.0 Å². The Morgan fingerprint density at radius 1 is 1.20 bits per heavy atom. The number of thiazole rings is 1. The number of rotatable bonds is 6. The Labute approximate surface area is 168 Å². The first-order valence-electron chi connectivity index (χ1n) is 7.64. The minimum Gasteiger partial charge on any atom is -0.308 e. The standard InChI is InChI=1S/C17H18BrN3OS3/c1-20(2)8-9-21(16(22)13-6-7-15(18)24-13)17-19-12-5-4-11(23-3)10-14(12)25-17/h4-7,10H,8-9H2,1-3H3. The zero-order valence-corrected chi connectivity index (χ0v) is 18.2. The summed E-state index contributed by atoms with van der Waals surface area (Å²) in [5, 5.41) is 0.754. The second-order valence-corrected chi connectivity index (χ2v) is 10.0. The van der Waals surface area contributed by atoms with Crippen molar-refractivity contribution in [2.24, 2.45) is 0 Å². The monoisotopic (exact) mass is 455 g/mol. The molecular formula is C17H18BrN3OS3. The molecule has 0 radical (unpaired) electrons. The first-order valence-corrected chi connectivity index (χ1v) is 11.3. The molecule has 0 aliphatic heterocycles. The molecule has 0 saturated carbocycles. The molecule has 0 atom stereocenters. The van der Waals surface area contributed by atoms with Gasteiger partial charge in [0.15, 0.2) is 5.13 Å². The van der Waals surface area contributed by atoms with Gasteiger partial charge in [-0.05, 0) is 66.6 Å². The predicted octanol–water partition coefficient (Wildman–Crippen LogP) is 5.05. The number of thiophene rings is 1. The fourth-order valence-corrected chi connectivity index (χ4v) is 5.16. The van der Waals surface area contributed by atoms with E-state index < -0.39 is 0 Å². The molecule has 0 saturated heterocycles. The number of hydrogen-bond donors (Lipinski definition) is 0. The van der Waals surface area contributed by atoms with Crippen LogP contribution in [-0.4, -0.2) is 49.2 Å². The lowest BCUT2D eigenvalue weighted by Crippen LogP contribution is -2.36. The van der Waals surface area contributed by atoms with E-state index in [4.69, 9.17) is 4.98 Å². The number of amides is 1. The van der Waals surface area contributed by atoms with E-state index in [1.165, 1.54) is 16.2 Å². The number of carbonyl (C=O) groups is 1. The molecule has 132 valence electrons. The summed E-state index contributed by atoms with van der Waals surface area (Å²) in [6.45, 7) is 1.39. The largest absolute Gasteiger partial charge is 0.308 e. The van der Waals surface area contributed by atoms with E-state index in [0.29, 0.717) is 6.54 Å². The highest BCUT2D eigenvalue weighted by molar-refractivity contribution is 9.11. The average Bonchev–Trinajstić information content (AvgIpc) is 3.19. The zero-order chi connectivity index (χ0) is 18.0. The van der Waals surface area contributed by atoms with Crippen LogP contribution in [0.5, 0.6) is 0 Å². The van der Waals surface area contributed by atoms with Gasteiger partial charge in [0.1, 0.15) is 0 Å². The Morgan fingerprint density at radius 2 is 2.00 bits per heavy atom. The summed E-state index contributed by atoms with van der Waals surface area (Å²) in [5.41, 5.74) is 0.938. The Hall–Kier alpha value is -0.930. The van der Waals surface area contributed by atoms with Crippen molar-refractivity contribution in [1.29, 1.82) is 0 Å². The number of benzene rings is 1. The topological polar surface area (TPSA) is 36.4 Å². The van der Waals surface area contributed by atoms with Crippen molar-refractivity contribution >= 4 is 71.6 Å². The van der Waals surface area contributed by atoms with E-state index in [9.17, 15) is 4.79 Å². The number of hydrogen-bond acceptors (Lipinski definition) is 6. The van der Waals surface area contributed by atoms with E-state index in [-0.39, 0.29) is 5.91 Å². The van der Waals surface area contributed by atoms with Gasteiger partial charge in [-0.3, -0.25) is 9.69 Å². The summed E-state index contributed by atoms with van der Waals surface area (Å²) in [6.07, 6.45) is 2.06. The maximum atomic E-state index is 13.0. The molecule has 2 heterocycles. The van der Waals surface area contributed by atoms with Crippen LogP contribution in [0.15, 0.2) is 39.0 Å². The highest BCUT2D eigenvalue weighted by Crippen LogP contribution is 2.33. The first-order chi connectivity index (χ1) is 12.0. The Morgan fingerprint density at radius 3 is 2.64 bits per heavy atom. The van der Waals surface area contributed by atoms with Gasteiger partial charge in [0.05, 0.1) is 18.9 Å². The molecule has 4 nitrogen and oxygen atoms in total. The van der Waals surface area contributed by atoms with Gasteiger partial charge in [-0.25, -0.2) is 4.98 Å². The van der Waals surface area contributed by atoms with Crippen molar-refractivity contribution in [3.63, 3.8) is 0 Å². The number of anilines is 1. The number of thioether (sulfide) groups is 1. The Bertz CT molecular complexity index is 890. The Kier molecular flexibility index (Phi) is 6.17. The van der Waals surface area contributed by atoms with Crippen LogP contribution in [0.4, 0.5) is 5.13 Å². The third-order valence-corrected chi connectivity index (χ3v) is 6.99. The van der Waals surface area contributed by atoms with Crippen LogP contribution in [0.3, 0.4) is 0 Å². The summed E-state index contributed by atoms with van der Waals surface area (Å²) in [6, 6.07) is 10.00. The maximum Gasteiger partial charge on any atom is 0.270 e. The number of carbonyl (C=O) groups excluding carboxylic acids is 1. The van der Waals surface area contributed by atoms with Gasteiger partial charge in [-0.2, -0.15) is 0 Å². The average molecular weight is 456 g/mol. The molecule has 0 aliphatic rings. The lowest BCUT2D eigenvalue weighted by molar-refractivity contribution is 0.0989. The molecule has 1 amide bonds. The van der Waals surface area contributed by atoms with E-state index >= 15 is 0 Å². The molecule has 0 fully saturated rings. The molecule has 25 heavy (non-hydrogen) atoms. The lowest BCUT2D eigenvalue weighted by Gasteiger charge is -2.21. The highest BCUT2D eigenvalue weighted by atomic mass is 79.9. The molecule has 2 aromatic heterocycles. The first kappa shape index (κ1) is 18.8. The second-order valence-electron chi connectivity index (χ2n) is 5.69. The lowest BCUT2D eigenvalue weighted by atomic mass is 10.3. The van der Waals surface area contributed by atoms with Gasteiger partial charge in [0.2, 0.25) is 0 Å². The van der Waals surface area contributed by atoms with Crippen molar-refractivity contribution in [3.05, 3.63) is 39.0 Å². The molecule has 8 heteroatoms. The van der Waals surface area contributed by atoms with Crippen LogP contribution in [0.2, 0.25) is 0 Å². The van der Waals surface area contributed by atoms with Crippen LogP contribution in [0.1, 0.15) is 9.67 Å². The number of aromatic nitrogens is 1. The van der Waals surface area contributed by atoms with Crippen LogP contribution >= 0.6 is 50.4 Å². The van der Waals surface area contributed by atoms with Crippen molar-refractivity contribution in [1.82, 2.24) is 9.88 Å². The summed E-state index contributed by atoms with van der Waals surface area (Å²) >= 11 is 8.17. The predicted molar refractivity (Wildman–Crippen MR) is 114 cm³/mol. The van der Waals surface area contributed by atoms with E-state index in [1.807, 2.05) is 32.3 Å². The minimum absolute atomic E-state index is 0.00157. The maximum absolute atomic E-state index is 13.0. The van der Waals surface area contributed by atoms with E-state index in [0.717, 1.165) is 30.6 Å². The molecule has 0 unspecified atom stereocenters. The second kappa shape index (κ2) is 8.18. The number of fused-ring (bicyclic) bond motifs is 1. The number of likely N-dealkylation sites (N-methyl/N-ethyl adjacent to an activating group) is 1. The third-order valence-electron chi connectivity index (χ3n) is 3.62. The summed E-state index contributed by atoms with van der Waals surface area (Å²) in [7, 11) is 4.01.